The highest BCUT2D eigenvalue weighted by Crippen LogP contribution is 2.22. The third-order valence-corrected chi connectivity index (χ3v) is 3.77. The lowest BCUT2D eigenvalue weighted by Crippen LogP contribution is -2.16. The second kappa shape index (κ2) is 7.40. The van der Waals surface area contributed by atoms with Crippen molar-refractivity contribution in [1.29, 1.82) is 0 Å². The Morgan fingerprint density at radius 1 is 1.12 bits per heavy atom. The lowest BCUT2D eigenvalue weighted by Gasteiger charge is -2.08. The summed E-state index contributed by atoms with van der Waals surface area (Å²) in [5.41, 5.74) is 0.445. The molecule has 0 amide bonds. The lowest BCUT2D eigenvalue weighted by atomic mass is 10.2. The number of halogens is 1. The Balaban J connectivity index is 1.82. The van der Waals surface area contributed by atoms with Gasteiger partial charge in [0.25, 0.3) is 0 Å². The zero-order valence-electron chi connectivity index (χ0n) is 13.5. The first-order chi connectivity index (χ1) is 12.1. The van der Waals surface area contributed by atoms with Crippen LogP contribution in [0.3, 0.4) is 0 Å². The summed E-state index contributed by atoms with van der Waals surface area (Å²) in [5, 5.41) is 1.27. The van der Waals surface area contributed by atoms with Crippen LogP contribution >= 0.6 is 11.6 Å². The molecule has 5 nitrogen and oxygen atoms in total. The van der Waals surface area contributed by atoms with Crippen LogP contribution in [0.1, 0.15) is 22.8 Å². The SMILES string of the molecule is CCOC(=O)c1cc2ccc(OCc3ccc(Cl)cc3)cc2oc1=O. The Bertz CT molecular complexity index is 960. The van der Waals surface area contributed by atoms with E-state index in [9.17, 15) is 9.59 Å². The molecule has 3 aromatic rings. The van der Waals surface area contributed by atoms with Crippen LogP contribution in [0.25, 0.3) is 11.0 Å². The van der Waals surface area contributed by atoms with E-state index in [4.69, 9.17) is 25.5 Å². The van der Waals surface area contributed by atoms with Gasteiger partial charge in [0.1, 0.15) is 23.5 Å². The van der Waals surface area contributed by atoms with E-state index in [1.54, 1.807) is 37.3 Å². The lowest BCUT2D eigenvalue weighted by molar-refractivity contribution is 0.0522. The van der Waals surface area contributed by atoms with Crippen LogP contribution in [0.2, 0.25) is 5.02 Å². The average Bonchev–Trinajstić information content (AvgIpc) is 2.60. The summed E-state index contributed by atoms with van der Waals surface area (Å²) in [6.45, 7) is 2.21. The quantitative estimate of drug-likeness (QED) is 0.505. The molecule has 0 bridgehead atoms. The molecule has 0 aliphatic rings. The van der Waals surface area contributed by atoms with Gasteiger partial charge in [0, 0.05) is 16.5 Å². The highest BCUT2D eigenvalue weighted by atomic mass is 35.5. The Morgan fingerprint density at radius 2 is 1.88 bits per heavy atom. The van der Waals surface area contributed by atoms with Crippen LogP contribution in [0, 0.1) is 0 Å². The number of hydrogen-bond donors (Lipinski definition) is 0. The molecule has 3 rings (SSSR count). The summed E-state index contributed by atoms with van der Waals surface area (Å²) >= 11 is 5.85. The van der Waals surface area contributed by atoms with E-state index in [1.807, 2.05) is 12.1 Å². The fourth-order valence-electron chi connectivity index (χ4n) is 2.28. The molecule has 0 spiro atoms. The molecular weight excluding hydrogens is 344 g/mol. The molecule has 0 saturated carbocycles. The third kappa shape index (κ3) is 4.00. The van der Waals surface area contributed by atoms with Gasteiger partial charge in [-0.15, -0.1) is 0 Å². The minimum Gasteiger partial charge on any atom is -0.489 e. The third-order valence-electron chi connectivity index (χ3n) is 3.52. The van der Waals surface area contributed by atoms with Gasteiger partial charge in [-0.3, -0.25) is 0 Å². The number of carbonyl (C=O) groups is 1. The normalized spacial score (nSPS) is 10.6. The molecule has 2 aromatic carbocycles. The summed E-state index contributed by atoms with van der Waals surface area (Å²) in [6, 6.07) is 13.9. The van der Waals surface area contributed by atoms with Crippen molar-refractivity contribution in [3.63, 3.8) is 0 Å². The zero-order chi connectivity index (χ0) is 17.8. The summed E-state index contributed by atoms with van der Waals surface area (Å²) in [5.74, 6) is -0.143. The number of fused-ring (bicyclic) bond motifs is 1. The van der Waals surface area contributed by atoms with Crippen molar-refractivity contribution in [1.82, 2.24) is 0 Å². The van der Waals surface area contributed by atoms with Crippen molar-refractivity contribution >= 4 is 28.5 Å². The van der Waals surface area contributed by atoms with Gasteiger partial charge in [0.05, 0.1) is 6.61 Å². The number of benzene rings is 2. The topological polar surface area (TPSA) is 65.7 Å². The smallest absolute Gasteiger partial charge is 0.351 e. The molecule has 1 heterocycles. The summed E-state index contributed by atoms with van der Waals surface area (Å²) in [4.78, 5) is 23.7. The zero-order valence-corrected chi connectivity index (χ0v) is 14.2. The highest BCUT2D eigenvalue weighted by molar-refractivity contribution is 6.30. The Kier molecular flexibility index (Phi) is 5.05. The van der Waals surface area contributed by atoms with Crippen LogP contribution in [-0.2, 0) is 11.3 Å². The van der Waals surface area contributed by atoms with Crippen molar-refractivity contribution in [2.45, 2.75) is 13.5 Å². The molecule has 0 radical (unpaired) electrons. The van der Waals surface area contributed by atoms with Crippen LogP contribution < -0.4 is 10.4 Å². The standard InChI is InChI=1S/C19H15ClO5/c1-2-23-18(21)16-9-13-5-8-15(10-17(13)25-19(16)22)24-11-12-3-6-14(20)7-4-12/h3-10H,2,11H2,1H3. The molecule has 0 saturated heterocycles. The molecule has 0 aliphatic carbocycles. The van der Waals surface area contributed by atoms with E-state index in [0.717, 1.165) is 5.56 Å². The van der Waals surface area contributed by atoms with Crippen LogP contribution in [0.5, 0.6) is 5.75 Å². The summed E-state index contributed by atoms with van der Waals surface area (Å²) < 4.78 is 15.8. The monoisotopic (exact) mass is 358 g/mol. The predicted octanol–water partition coefficient (Wildman–Crippen LogP) is 4.20. The van der Waals surface area contributed by atoms with Crippen LogP contribution in [0.4, 0.5) is 0 Å². The first-order valence-corrected chi connectivity index (χ1v) is 8.07. The van der Waals surface area contributed by atoms with Gasteiger partial charge in [0.15, 0.2) is 0 Å². The number of rotatable bonds is 5. The molecule has 0 fully saturated rings. The molecule has 25 heavy (non-hydrogen) atoms. The number of hydrogen-bond acceptors (Lipinski definition) is 5. The van der Waals surface area contributed by atoms with Crippen molar-refractivity contribution < 1.29 is 18.7 Å². The molecule has 6 heteroatoms. The number of esters is 1. The fourth-order valence-corrected chi connectivity index (χ4v) is 2.41. The minimum atomic E-state index is -0.735. The molecule has 128 valence electrons. The van der Waals surface area contributed by atoms with Crippen molar-refractivity contribution in [2.75, 3.05) is 6.61 Å². The van der Waals surface area contributed by atoms with Crippen LogP contribution in [-0.4, -0.2) is 12.6 Å². The molecule has 1 aromatic heterocycles. The Hall–Kier alpha value is -2.79. The fraction of sp³-hybridized carbons (Fsp3) is 0.158. The first-order valence-electron chi connectivity index (χ1n) is 7.69. The Morgan fingerprint density at radius 3 is 2.60 bits per heavy atom. The summed E-state index contributed by atoms with van der Waals surface area (Å²) in [7, 11) is 0. The molecule has 0 unspecified atom stereocenters. The van der Waals surface area contributed by atoms with Gasteiger partial charge < -0.3 is 13.9 Å². The maximum Gasteiger partial charge on any atom is 0.351 e. The van der Waals surface area contributed by atoms with Gasteiger partial charge >= 0.3 is 11.6 Å². The highest BCUT2D eigenvalue weighted by Gasteiger charge is 2.15. The predicted molar refractivity (Wildman–Crippen MR) is 94.2 cm³/mol. The first kappa shape index (κ1) is 17.0. The Labute approximate surface area is 148 Å². The van der Waals surface area contributed by atoms with Gasteiger partial charge in [-0.1, -0.05) is 23.7 Å². The van der Waals surface area contributed by atoms with E-state index < -0.39 is 11.6 Å². The number of ether oxygens (including phenoxy) is 2. The molecular formula is C19H15ClO5. The van der Waals surface area contributed by atoms with E-state index in [1.165, 1.54) is 6.07 Å². The van der Waals surface area contributed by atoms with Gasteiger partial charge in [-0.25, -0.2) is 9.59 Å². The van der Waals surface area contributed by atoms with Crippen molar-refractivity contribution in [3.05, 3.63) is 75.1 Å². The van der Waals surface area contributed by atoms with Crippen molar-refractivity contribution in [3.8, 4) is 5.75 Å². The maximum atomic E-state index is 12.0. The van der Waals surface area contributed by atoms with Crippen LogP contribution in [0.15, 0.2) is 57.7 Å². The largest absolute Gasteiger partial charge is 0.489 e. The molecule has 0 atom stereocenters. The second-order valence-corrected chi connectivity index (χ2v) is 5.72. The molecule has 0 N–H and O–H groups in total. The summed E-state index contributed by atoms with van der Waals surface area (Å²) in [6.07, 6.45) is 0. The van der Waals surface area contributed by atoms with E-state index in [0.29, 0.717) is 28.3 Å². The van der Waals surface area contributed by atoms with Gasteiger partial charge in [-0.05, 0) is 42.8 Å². The van der Waals surface area contributed by atoms with E-state index >= 15 is 0 Å². The van der Waals surface area contributed by atoms with Gasteiger partial charge in [-0.2, -0.15) is 0 Å². The van der Waals surface area contributed by atoms with Gasteiger partial charge in [0.2, 0.25) is 0 Å². The van der Waals surface area contributed by atoms with E-state index in [-0.39, 0.29) is 12.2 Å². The van der Waals surface area contributed by atoms with Crippen molar-refractivity contribution in [2.24, 2.45) is 0 Å². The minimum absolute atomic E-state index is 0.121. The second-order valence-electron chi connectivity index (χ2n) is 5.28. The average molecular weight is 359 g/mol. The molecule has 0 aliphatic heterocycles. The number of carbonyl (C=O) groups excluding carboxylic acids is 1. The maximum absolute atomic E-state index is 12.0. The van der Waals surface area contributed by atoms with E-state index in [2.05, 4.69) is 0 Å².